The van der Waals surface area contributed by atoms with Crippen molar-refractivity contribution in [2.24, 2.45) is 0 Å². The Morgan fingerprint density at radius 3 is 2.35 bits per heavy atom. The summed E-state index contributed by atoms with van der Waals surface area (Å²) in [4.78, 5) is 0. The van der Waals surface area contributed by atoms with Crippen LogP contribution in [0.5, 0.6) is 5.75 Å². The summed E-state index contributed by atoms with van der Waals surface area (Å²) in [5, 5.41) is 0. The van der Waals surface area contributed by atoms with Gasteiger partial charge in [-0.25, -0.2) is 0 Å². The Hall–Kier alpha value is -0.496. The van der Waals surface area contributed by atoms with Crippen LogP contribution in [0.1, 0.15) is 45.2 Å². The van der Waals surface area contributed by atoms with Gasteiger partial charge in [0.2, 0.25) is 0 Å². The molecule has 0 saturated carbocycles. The summed E-state index contributed by atoms with van der Waals surface area (Å²) < 4.78 is 7.62. The van der Waals surface area contributed by atoms with Gasteiger partial charge in [0, 0.05) is 0 Å². The molecule has 1 nitrogen and oxygen atoms in total. The molecule has 0 radical (unpaired) electrons. The zero-order valence-electron chi connectivity index (χ0n) is 12.9. The molecule has 0 amide bonds. The van der Waals surface area contributed by atoms with Crippen molar-refractivity contribution in [3.05, 3.63) is 50.9 Å². The first kappa shape index (κ1) is 17.6. The van der Waals surface area contributed by atoms with Crippen molar-refractivity contribution in [2.45, 2.75) is 46.5 Å². The molecule has 108 valence electrons. The van der Waals surface area contributed by atoms with Crippen molar-refractivity contribution < 1.29 is 22.9 Å². The first-order chi connectivity index (χ1) is 8.86. The van der Waals surface area contributed by atoms with Gasteiger partial charge in [-0.3, -0.25) is 0 Å². The van der Waals surface area contributed by atoms with E-state index in [1.54, 1.807) is 0 Å². The van der Waals surface area contributed by atoms with E-state index in [1.165, 1.54) is 20.6 Å². The number of allylic oxidation sites excluding steroid dienone is 4. The molecule has 1 aliphatic rings. The minimum atomic E-state index is -0.485. The van der Waals surface area contributed by atoms with Crippen molar-refractivity contribution in [3.63, 3.8) is 0 Å². The molecule has 0 heterocycles. The van der Waals surface area contributed by atoms with E-state index in [0.717, 1.165) is 12.2 Å². The fourth-order valence-electron chi connectivity index (χ4n) is 2.10. The Morgan fingerprint density at radius 1 is 1.10 bits per heavy atom. The second-order valence-electron chi connectivity index (χ2n) is 6.26. The molecule has 0 atom stereocenters. The summed E-state index contributed by atoms with van der Waals surface area (Å²) in [6.07, 6.45) is 5.52. The van der Waals surface area contributed by atoms with Crippen LogP contribution in [0.4, 0.5) is 0 Å². The molecule has 0 saturated heterocycles. The van der Waals surface area contributed by atoms with Crippen molar-refractivity contribution >= 4 is 12.4 Å². The zero-order chi connectivity index (χ0) is 14.0. The van der Waals surface area contributed by atoms with Crippen molar-refractivity contribution in [1.82, 2.24) is 0 Å². The number of rotatable bonds is 3. The molecular weight excluding hydrogens is 304 g/mol. The molecule has 1 aromatic rings. The molecule has 0 aromatic heterocycles. The molecule has 0 fully saturated rings. The molecule has 1 aliphatic carbocycles. The van der Waals surface area contributed by atoms with E-state index >= 15 is 0 Å². The number of benzene rings is 1. The molecule has 1 aromatic carbocycles. The topological polar surface area (TPSA) is 9.23 Å². The van der Waals surface area contributed by atoms with Crippen molar-refractivity contribution in [3.8, 4) is 5.75 Å². The molecule has 20 heavy (non-hydrogen) atoms. The molecule has 0 aliphatic heterocycles. The van der Waals surface area contributed by atoms with Crippen LogP contribution >= 0.6 is 12.4 Å². The van der Waals surface area contributed by atoms with Crippen molar-refractivity contribution in [2.75, 3.05) is 0 Å². The number of aryl methyl sites for hydroxylation is 1. The van der Waals surface area contributed by atoms with Gasteiger partial charge < -0.3 is 0 Å². The third kappa shape index (κ3) is 4.51. The summed E-state index contributed by atoms with van der Waals surface area (Å²) in [5.74, 6) is 1.04. The van der Waals surface area contributed by atoms with E-state index in [2.05, 4.69) is 65.0 Å². The van der Waals surface area contributed by atoms with Crippen LogP contribution in [0.15, 0.2) is 39.8 Å². The summed E-state index contributed by atoms with van der Waals surface area (Å²) in [6, 6.07) is 6.61. The van der Waals surface area contributed by atoms with Crippen LogP contribution in [0.2, 0.25) is 0 Å². The van der Waals surface area contributed by atoms with Gasteiger partial charge in [0.05, 0.1) is 0 Å². The molecule has 0 bridgehead atoms. The Bertz CT molecular complexity index is 538. The Morgan fingerprint density at radius 2 is 1.80 bits per heavy atom. The third-order valence-electron chi connectivity index (χ3n) is 3.37. The molecule has 0 unspecified atom stereocenters. The van der Waals surface area contributed by atoms with Crippen LogP contribution < -0.4 is 3.32 Å². The quantitative estimate of drug-likeness (QED) is 0.683. The Labute approximate surface area is 138 Å². The second kappa shape index (κ2) is 6.98. The van der Waals surface area contributed by atoms with Gasteiger partial charge in [-0.05, 0) is 0 Å². The van der Waals surface area contributed by atoms with Crippen LogP contribution in [-0.2, 0) is 25.0 Å². The van der Waals surface area contributed by atoms with E-state index in [4.69, 9.17) is 3.32 Å². The number of hydrogen-bond donors (Lipinski definition) is 0. The maximum absolute atomic E-state index is 6.10. The molecule has 3 heteroatoms. The maximum Gasteiger partial charge on any atom is -0.147 e. The fraction of sp³-hybridized carbons (Fsp3) is 0.412. The Kier molecular flexibility index (Phi) is 6.13. The molecule has 0 spiro atoms. The molecule has 2 rings (SSSR count). The SMILES string of the molecule is CC1=[C]([Ti][O]c2cc(C)cc(C(C)(C)C)c2)CC=C1.Cl. The van der Waals surface area contributed by atoms with Gasteiger partial charge in [0.25, 0.3) is 0 Å². The van der Waals surface area contributed by atoms with E-state index in [9.17, 15) is 0 Å². The van der Waals surface area contributed by atoms with Crippen LogP contribution in [0, 0.1) is 6.92 Å². The van der Waals surface area contributed by atoms with E-state index in [1.807, 2.05) is 0 Å². The summed E-state index contributed by atoms with van der Waals surface area (Å²) in [6.45, 7) is 11.1. The molecule has 0 N–H and O–H groups in total. The average molecular weight is 327 g/mol. The van der Waals surface area contributed by atoms with Crippen LogP contribution in [0.3, 0.4) is 0 Å². The second-order valence-corrected chi connectivity index (χ2v) is 7.84. The third-order valence-corrected chi connectivity index (χ3v) is 5.22. The van der Waals surface area contributed by atoms with E-state index < -0.39 is 19.5 Å². The first-order valence-electron chi connectivity index (χ1n) is 6.77. The van der Waals surface area contributed by atoms with Crippen molar-refractivity contribution in [1.29, 1.82) is 0 Å². The maximum atomic E-state index is 6.10. The number of hydrogen-bond acceptors (Lipinski definition) is 1. The zero-order valence-corrected chi connectivity index (χ0v) is 15.3. The minimum Gasteiger partial charge on any atom is -0.147 e. The van der Waals surface area contributed by atoms with E-state index in [0.29, 0.717) is 0 Å². The predicted molar refractivity (Wildman–Crippen MR) is 84.2 cm³/mol. The Balaban J connectivity index is 0.00000200. The van der Waals surface area contributed by atoms with Gasteiger partial charge >= 0.3 is 126 Å². The van der Waals surface area contributed by atoms with Crippen LogP contribution in [-0.4, -0.2) is 0 Å². The van der Waals surface area contributed by atoms with Gasteiger partial charge in [-0.1, -0.05) is 0 Å². The normalized spacial score (nSPS) is 14.2. The first-order valence-corrected chi connectivity index (χ1v) is 8.19. The smallest absolute Gasteiger partial charge is 0.147 e. The van der Waals surface area contributed by atoms with Gasteiger partial charge in [-0.15, -0.1) is 12.4 Å². The average Bonchev–Trinajstić information content (AvgIpc) is 2.70. The van der Waals surface area contributed by atoms with Crippen LogP contribution in [0.25, 0.3) is 0 Å². The van der Waals surface area contributed by atoms with Gasteiger partial charge in [-0.2, -0.15) is 0 Å². The summed E-state index contributed by atoms with van der Waals surface area (Å²) in [7, 11) is 0. The molecular formula is C17H23ClOTi. The van der Waals surface area contributed by atoms with Gasteiger partial charge in [0.15, 0.2) is 0 Å². The predicted octanol–water partition coefficient (Wildman–Crippen LogP) is 5.32. The van der Waals surface area contributed by atoms with Gasteiger partial charge in [0.1, 0.15) is 0 Å². The largest absolute Gasteiger partial charge is 0.147 e. The minimum absolute atomic E-state index is 0. The standard InChI is InChI=1S/C11H16O.C6H7.ClH.Ti/c1-8-5-9(11(2,3)4)7-10(12)6-8;1-6-4-2-3-5-6;;/h5-7,12H,1-4H3;2,4H,3H2,1H3;1H;/q;;;+1/p-1. The summed E-state index contributed by atoms with van der Waals surface area (Å²) in [5.41, 5.74) is 4.21. The fourth-order valence-corrected chi connectivity index (χ4v) is 3.35. The van der Waals surface area contributed by atoms with E-state index in [-0.39, 0.29) is 17.8 Å². The summed E-state index contributed by atoms with van der Waals surface area (Å²) >= 11 is -0.485. The monoisotopic (exact) mass is 326 g/mol. The number of halogens is 1.